The first-order valence-electron chi connectivity index (χ1n) is 7.18. The van der Waals surface area contributed by atoms with Crippen LogP contribution < -0.4 is 5.32 Å². The minimum absolute atomic E-state index is 0.0598. The van der Waals surface area contributed by atoms with Crippen molar-refractivity contribution in [2.24, 2.45) is 0 Å². The number of benzene rings is 1. The summed E-state index contributed by atoms with van der Waals surface area (Å²) in [4.78, 5) is 15.8. The lowest BCUT2D eigenvalue weighted by Crippen LogP contribution is -2.13. The van der Waals surface area contributed by atoms with Crippen LogP contribution in [0.25, 0.3) is 5.65 Å². The number of nitrogens with one attached hydrogen (secondary N) is 1. The Morgan fingerprint density at radius 1 is 1.21 bits per heavy atom. The van der Waals surface area contributed by atoms with Crippen LogP contribution in [0.2, 0.25) is 0 Å². The number of aryl methyl sites for hydroxylation is 1. The average molecular weight is 334 g/mol. The minimum Gasteiger partial charge on any atom is -0.323 e. The molecule has 24 heavy (non-hydrogen) atoms. The molecule has 2 aromatic heterocycles. The fourth-order valence-electron chi connectivity index (χ4n) is 2.21. The van der Waals surface area contributed by atoms with E-state index in [1.165, 1.54) is 12.4 Å². The molecule has 3 rings (SSSR count). The van der Waals surface area contributed by atoms with Gasteiger partial charge in [0.1, 0.15) is 0 Å². The molecule has 0 aliphatic heterocycles. The maximum absolute atomic E-state index is 12.6. The lowest BCUT2D eigenvalue weighted by molar-refractivity contribution is -0.141. The van der Waals surface area contributed by atoms with Crippen LogP contribution in [-0.2, 0) is 17.4 Å². The van der Waals surface area contributed by atoms with Gasteiger partial charge in [-0.2, -0.15) is 18.3 Å². The Morgan fingerprint density at radius 2 is 1.96 bits per heavy atom. The third-order valence-electron chi connectivity index (χ3n) is 3.37. The molecule has 0 aliphatic rings. The van der Waals surface area contributed by atoms with Crippen molar-refractivity contribution in [2.75, 3.05) is 5.32 Å². The second-order valence-electron chi connectivity index (χ2n) is 5.21. The Morgan fingerprint density at radius 3 is 2.67 bits per heavy atom. The highest BCUT2D eigenvalue weighted by atomic mass is 19.4. The van der Waals surface area contributed by atoms with E-state index in [1.54, 1.807) is 0 Å². The molecule has 1 N–H and O–H groups in total. The number of alkyl halides is 3. The van der Waals surface area contributed by atoms with Gasteiger partial charge >= 0.3 is 6.18 Å². The molecule has 0 radical (unpaired) electrons. The van der Waals surface area contributed by atoms with Crippen molar-refractivity contribution in [3.05, 3.63) is 60.0 Å². The molecule has 1 amide bonds. The summed E-state index contributed by atoms with van der Waals surface area (Å²) >= 11 is 0. The lowest BCUT2D eigenvalue weighted by atomic mass is 10.1. The van der Waals surface area contributed by atoms with E-state index in [0.29, 0.717) is 6.42 Å². The molecule has 0 bridgehead atoms. The standard InChI is InChI=1S/C16H13F3N4O/c17-16(18,19)13-8-14-20-9-12(10-23(14)22-13)21-15(24)7-6-11-4-2-1-3-5-11/h1-5,8-10H,6-7H2,(H,21,24). The monoisotopic (exact) mass is 334 g/mol. The molecule has 0 saturated heterocycles. The van der Waals surface area contributed by atoms with Crippen molar-refractivity contribution >= 4 is 17.2 Å². The molecule has 0 unspecified atom stereocenters. The molecular weight excluding hydrogens is 321 g/mol. The number of aromatic nitrogens is 3. The minimum atomic E-state index is -4.53. The van der Waals surface area contributed by atoms with Crippen LogP contribution in [0, 0.1) is 0 Å². The number of hydrogen-bond donors (Lipinski definition) is 1. The number of carbonyl (C=O) groups excluding carboxylic acids is 1. The molecule has 124 valence electrons. The van der Waals surface area contributed by atoms with Crippen molar-refractivity contribution in [2.45, 2.75) is 19.0 Å². The lowest BCUT2D eigenvalue weighted by Gasteiger charge is -2.05. The van der Waals surface area contributed by atoms with E-state index in [9.17, 15) is 18.0 Å². The summed E-state index contributed by atoms with van der Waals surface area (Å²) in [5, 5.41) is 6.03. The summed E-state index contributed by atoms with van der Waals surface area (Å²) in [7, 11) is 0. The van der Waals surface area contributed by atoms with Gasteiger partial charge in [0.15, 0.2) is 11.3 Å². The second-order valence-corrected chi connectivity index (χ2v) is 5.21. The number of anilines is 1. The van der Waals surface area contributed by atoms with Crippen LogP contribution in [0.1, 0.15) is 17.7 Å². The first-order valence-corrected chi connectivity index (χ1v) is 7.18. The van der Waals surface area contributed by atoms with Gasteiger partial charge in [0.05, 0.1) is 18.1 Å². The third-order valence-corrected chi connectivity index (χ3v) is 3.37. The van der Waals surface area contributed by atoms with E-state index in [1.807, 2.05) is 30.3 Å². The molecule has 1 aromatic carbocycles. The maximum atomic E-state index is 12.6. The van der Waals surface area contributed by atoms with E-state index in [0.717, 1.165) is 16.1 Å². The first kappa shape index (κ1) is 16.0. The highest BCUT2D eigenvalue weighted by Gasteiger charge is 2.34. The smallest absolute Gasteiger partial charge is 0.323 e. The fourth-order valence-corrected chi connectivity index (χ4v) is 2.21. The van der Waals surface area contributed by atoms with Gasteiger partial charge in [0.2, 0.25) is 5.91 Å². The van der Waals surface area contributed by atoms with Crippen LogP contribution in [0.4, 0.5) is 18.9 Å². The molecule has 5 nitrogen and oxygen atoms in total. The van der Waals surface area contributed by atoms with Gasteiger partial charge in [-0.15, -0.1) is 0 Å². The summed E-state index contributed by atoms with van der Waals surface area (Å²) < 4.78 is 38.9. The molecular formula is C16H13F3N4O. The summed E-state index contributed by atoms with van der Waals surface area (Å²) in [5.74, 6) is -0.247. The van der Waals surface area contributed by atoms with Gasteiger partial charge in [-0.1, -0.05) is 30.3 Å². The molecule has 0 spiro atoms. The van der Waals surface area contributed by atoms with Crippen molar-refractivity contribution < 1.29 is 18.0 Å². The van der Waals surface area contributed by atoms with E-state index in [2.05, 4.69) is 15.4 Å². The van der Waals surface area contributed by atoms with Crippen molar-refractivity contribution in [3.63, 3.8) is 0 Å². The molecule has 0 fully saturated rings. The van der Waals surface area contributed by atoms with Gasteiger partial charge in [-0.05, 0) is 12.0 Å². The molecule has 0 atom stereocenters. The number of carbonyl (C=O) groups is 1. The van der Waals surface area contributed by atoms with E-state index < -0.39 is 11.9 Å². The van der Waals surface area contributed by atoms with E-state index in [-0.39, 0.29) is 23.7 Å². The molecule has 0 saturated carbocycles. The highest BCUT2D eigenvalue weighted by molar-refractivity contribution is 5.90. The third kappa shape index (κ3) is 3.70. The van der Waals surface area contributed by atoms with E-state index >= 15 is 0 Å². The largest absolute Gasteiger partial charge is 0.435 e. The summed E-state index contributed by atoms with van der Waals surface area (Å²) in [6, 6.07) is 10.4. The predicted octanol–water partition coefficient (Wildman–Crippen LogP) is 3.32. The topological polar surface area (TPSA) is 59.3 Å². The quantitative estimate of drug-likeness (QED) is 0.796. The zero-order valence-corrected chi connectivity index (χ0v) is 12.4. The number of rotatable bonds is 4. The molecule has 2 heterocycles. The Bertz CT molecular complexity index is 859. The van der Waals surface area contributed by atoms with Crippen LogP contribution in [0.5, 0.6) is 0 Å². The van der Waals surface area contributed by atoms with Crippen LogP contribution in [0.15, 0.2) is 48.8 Å². The predicted molar refractivity (Wildman–Crippen MR) is 81.4 cm³/mol. The fraction of sp³-hybridized carbons (Fsp3) is 0.188. The van der Waals surface area contributed by atoms with Crippen molar-refractivity contribution in [3.8, 4) is 0 Å². The van der Waals surface area contributed by atoms with Gasteiger partial charge in [-0.25, -0.2) is 9.50 Å². The number of halogens is 3. The Labute approximate surface area is 135 Å². The summed E-state index contributed by atoms with van der Waals surface area (Å²) in [6.45, 7) is 0. The highest BCUT2D eigenvalue weighted by Crippen LogP contribution is 2.28. The number of amides is 1. The number of nitrogens with zero attached hydrogens (tertiary/aromatic N) is 3. The zero-order valence-electron chi connectivity index (χ0n) is 12.4. The van der Waals surface area contributed by atoms with Gasteiger partial charge in [-0.3, -0.25) is 4.79 Å². The Hall–Kier alpha value is -2.90. The normalized spacial score (nSPS) is 11.6. The van der Waals surface area contributed by atoms with Crippen LogP contribution in [0.3, 0.4) is 0 Å². The number of hydrogen-bond acceptors (Lipinski definition) is 3. The zero-order chi connectivity index (χ0) is 17.2. The maximum Gasteiger partial charge on any atom is 0.435 e. The van der Waals surface area contributed by atoms with E-state index in [4.69, 9.17) is 0 Å². The summed E-state index contributed by atoms with van der Waals surface area (Å²) in [5.41, 5.74) is 0.354. The van der Waals surface area contributed by atoms with Crippen LogP contribution >= 0.6 is 0 Å². The van der Waals surface area contributed by atoms with Crippen LogP contribution in [-0.4, -0.2) is 20.5 Å². The number of fused-ring (bicyclic) bond motifs is 1. The first-order chi connectivity index (χ1) is 11.4. The van der Waals surface area contributed by atoms with Gasteiger partial charge in [0.25, 0.3) is 0 Å². The molecule has 3 aromatic rings. The summed E-state index contributed by atoms with van der Waals surface area (Å²) in [6.07, 6.45) is -1.10. The Balaban J connectivity index is 1.67. The van der Waals surface area contributed by atoms with Crippen molar-refractivity contribution in [1.82, 2.24) is 14.6 Å². The molecule has 0 aliphatic carbocycles. The molecule has 8 heteroatoms. The van der Waals surface area contributed by atoms with Gasteiger partial charge in [0, 0.05) is 12.5 Å². The average Bonchev–Trinajstić information content (AvgIpc) is 2.97. The SMILES string of the molecule is O=C(CCc1ccccc1)Nc1cnc2cc(C(F)(F)F)nn2c1. The van der Waals surface area contributed by atoms with Crippen molar-refractivity contribution in [1.29, 1.82) is 0 Å². The Kier molecular flexibility index (Phi) is 4.20. The van der Waals surface area contributed by atoms with Gasteiger partial charge < -0.3 is 5.32 Å². The second kappa shape index (κ2) is 6.31.